The molecule has 1 aliphatic heterocycles. The summed E-state index contributed by atoms with van der Waals surface area (Å²) in [5.41, 5.74) is 0.902. The first-order chi connectivity index (χ1) is 11.6. The molecule has 0 amide bonds. The maximum Gasteiger partial charge on any atom is 0.151 e. The first-order valence-electron chi connectivity index (χ1n) is 7.46. The number of ether oxygens (including phenoxy) is 2. The largest absolute Gasteiger partial charge is 0.507 e. The van der Waals surface area contributed by atoms with Gasteiger partial charge < -0.3 is 19.5 Å². The number of methoxy groups -OCH3 is 1. The van der Waals surface area contributed by atoms with Crippen molar-refractivity contribution in [3.63, 3.8) is 0 Å². The third-order valence-corrected chi connectivity index (χ3v) is 4.27. The highest BCUT2D eigenvalue weighted by molar-refractivity contribution is 6.36. The molecule has 24 heavy (non-hydrogen) atoms. The first kappa shape index (κ1) is 17.2. The lowest BCUT2D eigenvalue weighted by molar-refractivity contribution is -0.0102. The molecule has 1 aromatic carbocycles. The SMILES string of the molecule is COC[C@H]1CN(c2ccc(-c3c(O)cc(Cl)cc3Cl)nn2)CCO1. The minimum absolute atomic E-state index is 0.0139. The smallest absolute Gasteiger partial charge is 0.151 e. The lowest BCUT2D eigenvalue weighted by atomic mass is 10.1. The molecule has 0 bridgehead atoms. The molecule has 0 aliphatic carbocycles. The Balaban J connectivity index is 1.81. The summed E-state index contributed by atoms with van der Waals surface area (Å²) in [6.07, 6.45) is 0.0139. The summed E-state index contributed by atoms with van der Waals surface area (Å²) in [6, 6.07) is 6.61. The van der Waals surface area contributed by atoms with Crippen LogP contribution >= 0.6 is 23.2 Å². The number of phenols is 1. The average Bonchev–Trinajstić information content (AvgIpc) is 2.55. The highest BCUT2D eigenvalue weighted by Gasteiger charge is 2.22. The molecule has 0 saturated carbocycles. The van der Waals surface area contributed by atoms with Gasteiger partial charge in [0.15, 0.2) is 5.82 Å². The predicted octanol–water partition coefficient (Wildman–Crippen LogP) is 3.01. The minimum Gasteiger partial charge on any atom is -0.507 e. The van der Waals surface area contributed by atoms with E-state index in [0.29, 0.717) is 41.1 Å². The molecule has 6 nitrogen and oxygen atoms in total. The summed E-state index contributed by atoms with van der Waals surface area (Å²) < 4.78 is 10.8. The van der Waals surface area contributed by atoms with Gasteiger partial charge in [0.25, 0.3) is 0 Å². The van der Waals surface area contributed by atoms with Gasteiger partial charge in [0.1, 0.15) is 5.75 Å². The summed E-state index contributed by atoms with van der Waals surface area (Å²) in [4.78, 5) is 2.09. The van der Waals surface area contributed by atoms with Crippen molar-refractivity contribution in [1.82, 2.24) is 10.2 Å². The zero-order valence-corrected chi connectivity index (χ0v) is 14.6. The summed E-state index contributed by atoms with van der Waals surface area (Å²) >= 11 is 12.0. The van der Waals surface area contributed by atoms with Gasteiger partial charge in [0.05, 0.1) is 35.6 Å². The second-order valence-electron chi connectivity index (χ2n) is 5.45. The van der Waals surface area contributed by atoms with E-state index >= 15 is 0 Å². The van der Waals surface area contributed by atoms with Crippen molar-refractivity contribution in [2.24, 2.45) is 0 Å². The van der Waals surface area contributed by atoms with Gasteiger partial charge in [-0.3, -0.25) is 0 Å². The van der Waals surface area contributed by atoms with Crippen molar-refractivity contribution < 1.29 is 14.6 Å². The van der Waals surface area contributed by atoms with Crippen LogP contribution in [0.1, 0.15) is 0 Å². The van der Waals surface area contributed by atoms with Gasteiger partial charge in [-0.05, 0) is 24.3 Å². The molecule has 1 N–H and O–H groups in total. The zero-order valence-electron chi connectivity index (χ0n) is 13.1. The van der Waals surface area contributed by atoms with Gasteiger partial charge in [-0.15, -0.1) is 10.2 Å². The Kier molecular flexibility index (Phi) is 5.40. The van der Waals surface area contributed by atoms with E-state index in [4.69, 9.17) is 32.7 Å². The van der Waals surface area contributed by atoms with Crippen LogP contribution in [0.4, 0.5) is 5.82 Å². The lowest BCUT2D eigenvalue weighted by Gasteiger charge is -2.33. The third-order valence-electron chi connectivity index (χ3n) is 3.76. The van der Waals surface area contributed by atoms with Crippen LogP contribution in [0.25, 0.3) is 11.3 Å². The number of morpholine rings is 1. The normalized spacial score (nSPS) is 18.0. The zero-order chi connectivity index (χ0) is 17.1. The van der Waals surface area contributed by atoms with Gasteiger partial charge in [-0.2, -0.15) is 0 Å². The Morgan fingerprint density at radius 3 is 2.83 bits per heavy atom. The highest BCUT2D eigenvalue weighted by Crippen LogP contribution is 2.37. The third kappa shape index (κ3) is 3.72. The monoisotopic (exact) mass is 369 g/mol. The first-order valence-corrected chi connectivity index (χ1v) is 8.21. The van der Waals surface area contributed by atoms with Gasteiger partial charge in [0, 0.05) is 25.2 Å². The molecule has 1 aliphatic rings. The van der Waals surface area contributed by atoms with Gasteiger partial charge in [-0.25, -0.2) is 0 Å². The van der Waals surface area contributed by atoms with Gasteiger partial charge >= 0.3 is 0 Å². The summed E-state index contributed by atoms with van der Waals surface area (Å²) in [6.45, 7) is 2.58. The lowest BCUT2D eigenvalue weighted by Crippen LogP contribution is -2.44. The van der Waals surface area contributed by atoms with Gasteiger partial charge in [-0.1, -0.05) is 23.2 Å². The standard InChI is InChI=1S/C16H17Cl2N3O3/c1-23-9-11-8-21(4-5-24-11)15-3-2-13(19-20-15)16-12(18)6-10(17)7-14(16)22/h2-3,6-7,11,22H,4-5,8-9H2,1H3/t11-/m1/s1. The van der Waals surface area contributed by atoms with Crippen molar-refractivity contribution in [1.29, 1.82) is 0 Å². The van der Waals surface area contributed by atoms with Crippen LogP contribution in [0.3, 0.4) is 0 Å². The van der Waals surface area contributed by atoms with Crippen LogP contribution in [0.5, 0.6) is 5.75 Å². The maximum absolute atomic E-state index is 10.1. The second kappa shape index (κ2) is 7.53. The number of aromatic hydroxyl groups is 1. The fourth-order valence-electron chi connectivity index (χ4n) is 2.65. The molecule has 1 aromatic heterocycles. The Bertz CT molecular complexity index is 687. The fraction of sp³-hybridized carbons (Fsp3) is 0.375. The number of benzene rings is 1. The number of nitrogens with zero attached hydrogens (tertiary/aromatic N) is 3. The topological polar surface area (TPSA) is 67.7 Å². The van der Waals surface area contributed by atoms with Crippen LogP contribution in [-0.4, -0.2) is 54.8 Å². The summed E-state index contributed by atoms with van der Waals surface area (Å²) in [5, 5.41) is 19.2. The Hall–Kier alpha value is -1.60. The minimum atomic E-state index is -0.0268. The van der Waals surface area contributed by atoms with E-state index in [0.717, 1.165) is 12.4 Å². The Morgan fingerprint density at radius 2 is 2.17 bits per heavy atom. The average molecular weight is 370 g/mol. The molecule has 8 heteroatoms. The number of halogens is 2. The van der Waals surface area contributed by atoms with Crippen LogP contribution < -0.4 is 4.90 Å². The van der Waals surface area contributed by atoms with E-state index in [9.17, 15) is 5.11 Å². The van der Waals surface area contributed by atoms with E-state index in [2.05, 4.69) is 15.1 Å². The Morgan fingerprint density at radius 1 is 1.33 bits per heavy atom. The van der Waals surface area contributed by atoms with Crippen LogP contribution in [0, 0.1) is 0 Å². The molecule has 2 aromatic rings. The number of rotatable bonds is 4. The van der Waals surface area contributed by atoms with E-state index in [1.54, 1.807) is 19.2 Å². The van der Waals surface area contributed by atoms with Gasteiger partial charge in [0.2, 0.25) is 0 Å². The molecule has 0 radical (unpaired) electrons. The number of hydrogen-bond donors (Lipinski definition) is 1. The van der Waals surface area contributed by atoms with Crippen molar-refractivity contribution in [2.45, 2.75) is 6.10 Å². The molecular weight excluding hydrogens is 353 g/mol. The number of hydrogen-bond acceptors (Lipinski definition) is 6. The maximum atomic E-state index is 10.1. The molecule has 0 spiro atoms. The number of aromatic nitrogens is 2. The summed E-state index contributed by atoms with van der Waals surface area (Å²) in [5.74, 6) is 0.716. The quantitative estimate of drug-likeness (QED) is 0.893. The highest BCUT2D eigenvalue weighted by atomic mass is 35.5. The number of anilines is 1. The van der Waals surface area contributed by atoms with Crippen LogP contribution in [0.15, 0.2) is 24.3 Å². The molecular formula is C16H17Cl2N3O3. The molecule has 1 atom stereocenters. The van der Waals surface area contributed by atoms with Crippen molar-refractivity contribution in [2.75, 3.05) is 38.3 Å². The van der Waals surface area contributed by atoms with Crippen LogP contribution in [0.2, 0.25) is 10.0 Å². The molecule has 0 unspecified atom stereocenters. The predicted molar refractivity (Wildman–Crippen MR) is 93.0 cm³/mol. The van der Waals surface area contributed by atoms with Crippen LogP contribution in [-0.2, 0) is 9.47 Å². The van der Waals surface area contributed by atoms with E-state index in [1.165, 1.54) is 6.07 Å². The van der Waals surface area contributed by atoms with E-state index in [1.807, 2.05) is 6.07 Å². The molecule has 1 fully saturated rings. The van der Waals surface area contributed by atoms with E-state index < -0.39 is 0 Å². The second-order valence-corrected chi connectivity index (χ2v) is 6.30. The van der Waals surface area contributed by atoms with Crippen molar-refractivity contribution in [3.8, 4) is 17.0 Å². The number of phenolic OH excluding ortho intramolecular Hbond substituents is 1. The van der Waals surface area contributed by atoms with Crippen molar-refractivity contribution in [3.05, 3.63) is 34.3 Å². The Labute approximate surface area is 149 Å². The molecule has 128 valence electrons. The molecule has 2 heterocycles. The van der Waals surface area contributed by atoms with E-state index in [-0.39, 0.29) is 11.9 Å². The molecule has 1 saturated heterocycles. The summed E-state index contributed by atoms with van der Waals surface area (Å²) in [7, 11) is 1.65. The van der Waals surface area contributed by atoms with Crippen molar-refractivity contribution >= 4 is 29.0 Å². The molecule has 3 rings (SSSR count). The fourth-order valence-corrected chi connectivity index (χ4v) is 3.23.